The lowest BCUT2D eigenvalue weighted by Gasteiger charge is -2.24. The quantitative estimate of drug-likeness (QED) is 0.141. The lowest BCUT2D eigenvalue weighted by Crippen LogP contribution is -2.57. The predicted molar refractivity (Wildman–Crippen MR) is 135 cm³/mol. The number of nitrogens with two attached hydrogens (primary N) is 1. The first kappa shape index (κ1) is 30.3. The molecule has 1 rings (SSSR count). The second-order valence-electron chi connectivity index (χ2n) is 7.71. The zero-order chi connectivity index (χ0) is 26.4. The number of benzene rings is 1. The minimum atomic E-state index is -1.35. The van der Waals surface area contributed by atoms with Gasteiger partial charge in [-0.05, 0) is 30.4 Å². The van der Waals surface area contributed by atoms with Crippen molar-refractivity contribution in [2.45, 2.75) is 49.9 Å². The van der Waals surface area contributed by atoms with Crippen LogP contribution in [0.15, 0.2) is 30.3 Å². The highest BCUT2D eigenvalue weighted by molar-refractivity contribution is 7.98. The van der Waals surface area contributed by atoms with Crippen molar-refractivity contribution >= 4 is 54.1 Å². The summed E-state index contributed by atoms with van der Waals surface area (Å²) >= 11 is 5.59. The van der Waals surface area contributed by atoms with Gasteiger partial charge in [0.15, 0.2) is 0 Å². The van der Waals surface area contributed by atoms with E-state index in [1.54, 1.807) is 30.3 Å². The van der Waals surface area contributed by atoms with Crippen molar-refractivity contribution in [3.8, 4) is 0 Å². The molecule has 3 amide bonds. The molecule has 11 nitrogen and oxygen atoms in total. The Bertz CT molecular complexity index is 873. The number of carbonyl (C=O) groups excluding carboxylic acids is 3. The zero-order valence-corrected chi connectivity index (χ0v) is 21.0. The van der Waals surface area contributed by atoms with Crippen LogP contribution in [0.1, 0.15) is 24.8 Å². The van der Waals surface area contributed by atoms with Gasteiger partial charge in [-0.1, -0.05) is 30.3 Å². The maximum atomic E-state index is 12.8. The minimum Gasteiger partial charge on any atom is -0.481 e. The Kier molecular flexibility index (Phi) is 13.8. The molecule has 0 heterocycles. The maximum absolute atomic E-state index is 12.8. The second kappa shape index (κ2) is 16.0. The van der Waals surface area contributed by atoms with Crippen LogP contribution in [-0.2, 0) is 30.4 Å². The molecule has 4 atom stereocenters. The van der Waals surface area contributed by atoms with Crippen LogP contribution in [0.2, 0.25) is 0 Å². The van der Waals surface area contributed by atoms with Crippen molar-refractivity contribution in [2.75, 3.05) is 17.8 Å². The van der Waals surface area contributed by atoms with Gasteiger partial charge in [0, 0.05) is 18.6 Å². The summed E-state index contributed by atoms with van der Waals surface area (Å²) < 4.78 is 0. The smallest absolute Gasteiger partial charge is 0.326 e. The number of carboxylic acids is 2. The molecule has 1 aromatic carbocycles. The minimum absolute atomic E-state index is 0.00916. The van der Waals surface area contributed by atoms with Crippen molar-refractivity contribution in [3.63, 3.8) is 0 Å². The molecule has 0 aromatic heterocycles. The Morgan fingerprint density at radius 2 is 1.49 bits per heavy atom. The Morgan fingerprint density at radius 3 is 2.03 bits per heavy atom. The van der Waals surface area contributed by atoms with E-state index in [-0.39, 0.29) is 18.6 Å². The van der Waals surface area contributed by atoms with Gasteiger partial charge in [0.2, 0.25) is 17.7 Å². The number of hydrogen-bond donors (Lipinski definition) is 7. The first-order valence-corrected chi connectivity index (χ1v) is 12.9. The predicted octanol–water partition coefficient (Wildman–Crippen LogP) is -0.357. The van der Waals surface area contributed by atoms with Crippen LogP contribution in [0.4, 0.5) is 0 Å². The van der Waals surface area contributed by atoms with Gasteiger partial charge in [-0.3, -0.25) is 19.2 Å². The largest absolute Gasteiger partial charge is 0.481 e. The van der Waals surface area contributed by atoms with Crippen molar-refractivity contribution in [1.29, 1.82) is 0 Å². The van der Waals surface area contributed by atoms with E-state index < -0.39 is 60.2 Å². The van der Waals surface area contributed by atoms with Gasteiger partial charge in [0.1, 0.15) is 18.1 Å². The van der Waals surface area contributed by atoms with Crippen LogP contribution in [0.3, 0.4) is 0 Å². The lowest BCUT2D eigenvalue weighted by atomic mass is 10.0. The van der Waals surface area contributed by atoms with Crippen molar-refractivity contribution in [2.24, 2.45) is 5.73 Å². The van der Waals surface area contributed by atoms with Crippen LogP contribution in [-0.4, -0.2) is 81.8 Å². The number of carbonyl (C=O) groups is 5. The number of nitrogens with one attached hydrogen (secondary N) is 3. The summed E-state index contributed by atoms with van der Waals surface area (Å²) in [6, 6.07) is 4.01. The molecule has 0 aliphatic rings. The third-order valence-corrected chi connectivity index (χ3v) is 5.97. The Balaban J connectivity index is 2.91. The molecule has 13 heteroatoms. The highest BCUT2D eigenvalue weighted by Crippen LogP contribution is 2.06. The van der Waals surface area contributed by atoms with E-state index >= 15 is 0 Å². The standard InChI is InChI=1S/C22H32N4O7S2/c1-35-10-9-14(23)19(29)26-17(12-34)21(31)24-15(7-8-18(27)28)20(30)25-16(22(32)33)11-13-5-3-2-4-6-13/h2-6,14-17,34H,7-12,23H2,1H3,(H,24,31)(H,25,30)(H,26,29)(H,27,28)(H,32,33). The van der Waals surface area contributed by atoms with Gasteiger partial charge in [-0.15, -0.1) is 0 Å². The number of amides is 3. The van der Waals surface area contributed by atoms with Gasteiger partial charge in [0.05, 0.1) is 6.04 Å². The number of hydrogen-bond acceptors (Lipinski definition) is 8. The first-order chi connectivity index (χ1) is 16.6. The van der Waals surface area contributed by atoms with E-state index in [4.69, 9.17) is 10.8 Å². The summed E-state index contributed by atoms with van der Waals surface area (Å²) in [6.45, 7) is 0. The summed E-state index contributed by atoms with van der Waals surface area (Å²) in [5, 5.41) is 25.8. The normalized spacial score (nSPS) is 14.1. The topological polar surface area (TPSA) is 188 Å². The molecule has 194 valence electrons. The fraction of sp³-hybridized carbons (Fsp3) is 0.500. The highest BCUT2D eigenvalue weighted by Gasteiger charge is 2.30. The first-order valence-electron chi connectivity index (χ1n) is 10.8. The van der Waals surface area contributed by atoms with E-state index in [0.717, 1.165) is 0 Å². The van der Waals surface area contributed by atoms with Gasteiger partial charge < -0.3 is 31.9 Å². The number of thiol groups is 1. The lowest BCUT2D eigenvalue weighted by molar-refractivity contribution is -0.143. The Labute approximate surface area is 213 Å². The van der Waals surface area contributed by atoms with Gasteiger partial charge in [-0.2, -0.15) is 24.4 Å². The summed E-state index contributed by atoms with van der Waals surface area (Å²) in [4.78, 5) is 60.6. The molecule has 0 radical (unpaired) electrons. The molecule has 0 aliphatic heterocycles. The third-order valence-electron chi connectivity index (χ3n) is 4.96. The molecule has 0 fully saturated rings. The molecule has 1 aromatic rings. The molecule has 0 bridgehead atoms. The fourth-order valence-electron chi connectivity index (χ4n) is 2.98. The molecular weight excluding hydrogens is 496 g/mol. The van der Waals surface area contributed by atoms with Gasteiger partial charge in [-0.25, -0.2) is 4.79 Å². The maximum Gasteiger partial charge on any atom is 0.326 e. The molecule has 35 heavy (non-hydrogen) atoms. The van der Waals surface area contributed by atoms with Gasteiger partial charge in [0.25, 0.3) is 0 Å². The summed E-state index contributed by atoms with van der Waals surface area (Å²) in [6.07, 6.45) is 1.52. The number of thioether (sulfide) groups is 1. The average Bonchev–Trinajstić information content (AvgIpc) is 2.82. The van der Waals surface area contributed by atoms with Crippen LogP contribution in [0.25, 0.3) is 0 Å². The highest BCUT2D eigenvalue weighted by atomic mass is 32.2. The van der Waals surface area contributed by atoms with Crippen molar-refractivity contribution in [1.82, 2.24) is 16.0 Å². The molecule has 4 unspecified atom stereocenters. The Hall–Kier alpha value is -2.77. The summed E-state index contributed by atoms with van der Waals surface area (Å²) in [5.41, 5.74) is 6.48. The third kappa shape index (κ3) is 11.5. The number of carboxylic acid groups (broad SMARTS) is 2. The Morgan fingerprint density at radius 1 is 0.914 bits per heavy atom. The second-order valence-corrected chi connectivity index (χ2v) is 9.07. The van der Waals surface area contributed by atoms with Crippen molar-refractivity contribution in [3.05, 3.63) is 35.9 Å². The summed E-state index contributed by atoms with van der Waals surface area (Å²) in [7, 11) is 0. The number of rotatable bonds is 16. The van der Waals surface area contributed by atoms with E-state index in [9.17, 15) is 29.1 Å². The fourth-order valence-corrected chi connectivity index (χ4v) is 3.73. The molecule has 0 spiro atoms. The molecular formula is C22H32N4O7S2. The molecule has 0 saturated carbocycles. The molecule has 7 N–H and O–H groups in total. The van der Waals surface area contributed by atoms with Crippen LogP contribution in [0.5, 0.6) is 0 Å². The average molecular weight is 529 g/mol. The van der Waals surface area contributed by atoms with Crippen molar-refractivity contribution < 1.29 is 34.2 Å². The van der Waals surface area contributed by atoms with Gasteiger partial charge >= 0.3 is 11.9 Å². The monoisotopic (exact) mass is 528 g/mol. The number of aliphatic carboxylic acids is 2. The molecule has 0 saturated heterocycles. The van der Waals surface area contributed by atoms with Crippen LogP contribution in [0, 0.1) is 0 Å². The van der Waals surface area contributed by atoms with E-state index in [2.05, 4.69) is 28.6 Å². The van der Waals surface area contributed by atoms with E-state index in [0.29, 0.717) is 17.7 Å². The van der Waals surface area contributed by atoms with Crippen LogP contribution >= 0.6 is 24.4 Å². The van der Waals surface area contributed by atoms with Crippen LogP contribution < -0.4 is 21.7 Å². The summed E-state index contributed by atoms with van der Waals surface area (Å²) in [5.74, 6) is -4.13. The SMILES string of the molecule is CSCCC(N)C(=O)NC(CS)C(=O)NC(CCC(=O)O)C(=O)NC(Cc1ccccc1)C(=O)O. The van der Waals surface area contributed by atoms with E-state index in [1.807, 2.05) is 6.26 Å². The van der Waals surface area contributed by atoms with E-state index in [1.165, 1.54) is 11.8 Å². The molecule has 0 aliphatic carbocycles. The zero-order valence-electron chi connectivity index (χ0n) is 19.3.